The molecule has 2 amide bonds. The van der Waals surface area contributed by atoms with E-state index in [-0.39, 0.29) is 40.9 Å². The molecule has 1 N–H and O–H groups in total. The van der Waals surface area contributed by atoms with Crippen LogP contribution in [-0.2, 0) is 11.3 Å². The molecule has 1 aliphatic carbocycles. The van der Waals surface area contributed by atoms with Crippen molar-refractivity contribution in [2.75, 3.05) is 7.11 Å². The number of benzene rings is 1. The lowest BCUT2D eigenvalue weighted by Gasteiger charge is -2.44. The van der Waals surface area contributed by atoms with Crippen molar-refractivity contribution >= 4 is 11.8 Å². The van der Waals surface area contributed by atoms with E-state index in [4.69, 9.17) is 9.47 Å². The molecule has 5 rings (SSSR count). The van der Waals surface area contributed by atoms with E-state index in [0.29, 0.717) is 12.1 Å². The molecular formula is C23H24FN3O5. The van der Waals surface area contributed by atoms with Crippen LogP contribution in [0.1, 0.15) is 58.6 Å². The maximum atomic E-state index is 13.3. The van der Waals surface area contributed by atoms with Crippen molar-refractivity contribution in [2.45, 2.75) is 57.1 Å². The molecule has 0 spiro atoms. The molecule has 3 heterocycles. The first kappa shape index (κ1) is 20.7. The summed E-state index contributed by atoms with van der Waals surface area (Å²) in [6, 6.07) is 5.40. The van der Waals surface area contributed by atoms with Gasteiger partial charge in [-0.25, -0.2) is 4.39 Å². The fourth-order valence-corrected chi connectivity index (χ4v) is 5.00. The van der Waals surface area contributed by atoms with E-state index in [2.05, 4.69) is 5.32 Å². The molecule has 2 aliphatic heterocycles. The normalized spacial score (nSPS) is 24.5. The fraction of sp³-hybridized carbons (Fsp3) is 0.435. The molecule has 1 saturated carbocycles. The molecule has 0 unspecified atom stereocenters. The summed E-state index contributed by atoms with van der Waals surface area (Å²) in [7, 11) is 1.32. The Labute approximate surface area is 183 Å². The zero-order valence-electron chi connectivity index (χ0n) is 17.8. The maximum absolute atomic E-state index is 13.3. The molecule has 8 nitrogen and oxygen atoms in total. The molecule has 9 heteroatoms. The van der Waals surface area contributed by atoms with Crippen molar-refractivity contribution in [3.05, 3.63) is 63.3 Å². The zero-order chi connectivity index (χ0) is 22.6. The number of ether oxygens (including phenoxy) is 2. The van der Waals surface area contributed by atoms with Crippen molar-refractivity contribution in [3.8, 4) is 5.75 Å². The number of halogens is 1. The second-order valence-corrected chi connectivity index (χ2v) is 8.54. The Morgan fingerprint density at radius 1 is 1.25 bits per heavy atom. The largest absolute Gasteiger partial charge is 0.491 e. The van der Waals surface area contributed by atoms with E-state index in [0.717, 1.165) is 19.3 Å². The van der Waals surface area contributed by atoms with Gasteiger partial charge in [-0.2, -0.15) is 0 Å². The number of methoxy groups -OCH3 is 1. The molecule has 2 fully saturated rings. The summed E-state index contributed by atoms with van der Waals surface area (Å²) in [5.41, 5.74) is 0.0729. The second kappa shape index (κ2) is 7.74. The average Bonchev–Trinajstić information content (AvgIpc) is 3.15. The molecule has 1 aromatic heterocycles. The van der Waals surface area contributed by atoms with Crippen LogP contribution < -0.4 is 15.5 Å². The molecule has 168 valence electrons. The third-order valence-electron chi connectivity index (χ3n) is 6.60. The van der Waals surface area contributed by atoms with Gasteiger partial charge in [0.1, 0.15) is 11.4 Å². The zero-order valence-corrected chi connectivity index (χ0v) is 17.8. The number of amides is 2. The lowest BCUT2D eigenvalue weighted by molar-refractivity contribution is -0.132. The van der Waals surface area contributed by atoms with Gasteiger partial charge in [-0.15, -0.1) is 0 Å². The monoisotopic (exact) mass is 441 g/mol. The molecule has 2 aromatic rings. The Morgan fingerprint density at radius 3 is 2.72 bits per heavy atom. The predicted molar refractivity (Wildman–Crippen MR) is 112 cm³/mol. The van der Waals surface area contributed by atoms with Crippen LogP contribution in [0.5, 0.6) is 5.75 Å². The highest BCUT2D eigenvalue weighted by atomic mass is 19.1. The Bertz CT molecular complexity index is 1150. The standard InChI is InChI=1S/C23H24FN3O5/c1-12(13-3-5-14(24)6-4-13)25-22(29)17-10-26-11-18-27(15-7-8-16(9-15)32-18)23(30)19(26)21(31-2)20(17)28/h3-6,10,12,15-16,18H,7-9,11H2,1-2H3,(H,25,29)/t12-,15+,16-,18-/m0/s1. The highest BCUT2D eigenvalue weighted by molar-refractivity contribution is 5.99. The summed E-state index contributed by atoms with van der Waals surface area (Å²) in [6.07, 6.45) is 3.70. The minimum atomic E-state index is -0.642. The Hall–Kier alpha value is -3.20. The number of hydrogen-bond donors (Lipinski definition) is 1. The molecule has 4 atom stereocenters. The third-order valence-corrected chi connectivity index (χ3v) is 6.60. The number of carbonyl (C=O) groups is 2. The summed E-state index contributed by atoms with van der Waals surface area (Å²) in [5.74, 6) is -1.43. The number of aromatic nitrogens is 1. The van der Waals surface area contributed by atoms with Crippen LogP contribution in [0.2, 0.25) is 0 Å². The van der Waals surface area contributed by atoms with Crippen LogP contribution in [0.3, 0.4) is 0 Å². The van der Waals surface area contributed by atoms with Crippen LogP contribution in [0.15, 0.2) is 35.3 Å². The fourth-order valence-electron chi connectivity index (χ4n) is 5.00. The van der Waals surface area contributed by atoms with Gasteiger partial charge in [0, 0.05) is 12.2 Å². The lowest BCUT2D eigenvalue weighted by atomic mass is 10.1. The van der Waals surface area contributed by atoms with Gasteiger partial charge in [0.05, 0.1) is 25.8 Å². The van der Waals surface area contributed by atoms with Gasteiger partial charge in [-0.3, -0.25) is 14.4 Å². The number of nitrogens with one attached hydrogen (secondary N) is 1. The maximum Gasteiger partial charge on any atom is 0.276 e. The number of fused-ring (bicyclic) bond motifs is 5. The quantitative estimate of drug-likeness (QED) is 0.786. The van der Waals surface area contributed by atoms with Gasteiger partial charge < -0.3 is 24.3 Å². The Morgan fingerprint density at radius 2 is 2.00 bits per heavy atom. The van der Waals surface area contributed by atoms with Crippen molar-refractivity contribution in [1.82, 2.24) is 14.8 Å². The lowest BCUT2D eigenvalue weighted by Crippen LogP contribution is -2.57. The van der Waals surface area contributed by atoms with Gasteiger partial charge in [-0.05, 0) is 43.9 Å². The SMILES string of the molecule is COc1c2n(cc(C(=O)N[C@@H](C)c3ccc(F)cc3)c1=O)C[C@@H]1O[C@H]3CC[C@H](C3)N1C2=O. The Kier molecular flexibility index (Phi) is 5.00. The molecule has 1 aromatic carbocycles. The minimum Gasteiger partial charge on any atom is -0.491 e. The summed E-state index contributed by atoms with van der Waals surface area (Å²) in [6.45, 7) is 2.06. The average molecular weight is 441 g/mol. The number of nitrogens with zero attached hydrogens (tertiary/aromatic N) is 2. The summed E-state index contributed by atoms with van der Waals surface area (Å²) in [5, 5.41) is 2.77. The first-order chi connectivity index (χ1) is 15.4. The van der Waals surface area contributed by atoms with Gasteiger partial charge in [-0.1, -0.05) is 12.1 Å². The van der Waals surface area contributed by atoms with Crippen LogP contribution in [0.4, 0.5) is 4.39 Å². The summed E-state index contributed by atoms with van der Waals surface area (Å²) in [4.78, 5) is 41.1. The van der Waals surface area contributed by atoms with Gasteiger partial charge in [0.15, 0.2) is 17.7 Å². The topological polar surface area (TPSA) is 89.9 Å². The van der Waals surface area contributed by atoms with Crippen LogP contribution in [0, 0.1) is 5.82 Å². The third kappa shape index (κ3) is 3.28. The van der Waals surface area contributed by atoms with Gasteiger partial charge in [0.25, 0.3) is 11.8 Å². The van der Waals surface area contributed by atoms with E-state index in [1.54, 1.807) is 28.5 Å². The highest BCUT2D eigenvalue weighted by Gasteiger charge is 2.47. The van der Waals surface area contributed by atoms with E-state index >= 15 is 0 Å². The van der Waals surface area contributed by atoms with E-state index in [1.165, 1.54) is 25.4 Å². The number of hydrogen-bond acceptors (Lipinski definition) is 5. The van der Waals surface area contributed by atoms with Crippen LogP contribution >= 0.6 is 0 Å². The summed E-state index contributed by atoms with van der Waals surface area (Å²) >= 11 is 0. The second-order valence-electron chi connectivity index (χ2n) is 8.54. The van der Waals surface area contributed by atoms with Crippen molar-refractivity contribution < 1.29 is 23.5 Å². The number of carbonyl (C=O) groups excluding carboxylic acids is 2. The van der Waals surface area contributed by atoms with Crippen molar-refractivity contribution in [1.29, 1.82) is 0 Å². The van der Waals surface area contributed by atoms with E-state index in [9.17, 15) is 18.8 Å². The smallest absolute Gasteiger partial charge is 0.276 e. The van der Waals surface area contributed by atoms with Gasteiger partial charge in [0.2, 0.25) is 5.43 Å². The number of pyridine rings is 1. The molecule has 2 bridgehead atoms. The summed E-state index contributed by atoms with van der Waals surface area (Å²) < 4.78 is 26.2. The van der Waals surface area contributed by atoms with Crippen molar-refractivity contribution in [2.24, 2.45) is 0 Å². The molecule has 3 aliphatic rings. The highest BCUT2D eigenvalue weighted by Crippen LogP contribution is 2.38. The van der Waals surface area contributed by atoms with E-state index < -0.39 is 23.6 Å². The Balaban J connectivity index is 1.48. The molecule has 0 radical (unpaired) electrons. The van der Waals surface area contributed by atoms with Crippen LogP contribution in [0.25, 0.3) is 0 Å². The first-order valence-corrected chi connectivity index (χ1v) is 10.7. The van der Waals surface area contributed by atoms with Crippen LogP contribution in [-0.4, -0.2) is 46.8 Å². The first-order valence-electron chi connectivity index (χ1n) is 10.7. The molecule has 32 heavy (non-hydrogen) atoms. The van der Waals surface area contributed by atoms with E-state index in [1.807, 2.05) is 0 Å². The molecule has 1 saturated heterocycles. The number of rotatable bonds is 4. The van der Waals surface area contributed by atoms with Crippen molar-refractivity contribution in [3.63, 3.8) is 0 Å². The predicted octanol–water partition coefficient (Wildman–Crippen LogP) is 2.22. The van der Waals surface area contributed by atoms with Gasteiger partial charge >= 0.3 is 0 Å². The minimum absolute atomic E-state index is 0.0966. The molecular weight excluding hydrogens is 417 g/mol.